The number of aromatic nitrogens is 1. The molecule has 1 heterocycles. The Hall–Kier alpha value is -1.21. The van der Waals surface area contributed by atoms with Gasteiger partial charge in [0.2, 0.25) is 0 Å². The van der Waals surface area contributed by atoms with Crippen molar-refractivity contribution in [1.82, 2.24) is 4.98 Å². The number of ether oxygens (including phenoxy) is 1. The highest BCUT2D eigenvalue weighted by atomic mass is 35.5. The number of fused-ring (bicyclic) bond motifs is 1. The Morgan fingerprint density at radius 1 is 1.31 bits per heavy atom. The van der Waals surface area contributed by atoms with Gasteiger partial charge in [0.05, 0.1) is 10.2 Å². The second-order valence-corrected chi connectivity index (χ2v) is 3.79. The number of thiazole rings is 1. The Bertz CT molecular complexity index is 499. The van der Waals surface area contributed by atoms with Gasteiger partial charge in [0.1, 0.15) is 5.75 Å². The first-order valence-electron chi connectivity index (χ1n) is 3.86. The highest BCUT2D eigenvalue weighted by Crippen LogP contribution is 2.30. The fourth-order valence-electron chi connectivity index (χ4n) is 1.12. The summed E-state index contributed by atoms with van der Waals surface area (Å²) in [6.45, 7) is 0. The first-order valence-corrected chi connectivity index (χ1v) is 4.67. The molecule has 0 bridgehead atoms. The predicted octanol–water partition coefficient (Wildman–Crippen LogP) is -0.219. The number of hydrogen-bond acceptors (Lipinski definition) is 4. The highest BCUT2D eigenvalue weighted by molar-refractivity contribution is 7.22. The van der Waals surface area contributed by atoms with Crippen LogP contribution >= 0.6 is 11.3 Å². The molecule has 0 fully saturated rings. The number of nitrogens with zero attached hydrogens (tertiary/aromatic N) is 1. The van der Waals surface area contributed by atoms with Crippen LogP contribution in [0.1, 0.15) is 0 Å². The largest absolute Gasteiger partial charge is 1.00 e. The van der Waals surface area contributed by atoms with Crippen LogP contribution in [-0.2, 0) is 0 Å². The van der Waals surface area contributed by atoms with Gasteiger partial charge in [-0.05, 0) is 12.1 Å². The van der Waals surface area contributed by atoms with Gasteiger partial charge in [0.15, 0.2) is 5.13 Å². The monoisotopic (exact) mass is 269 g/mol. The van der Waals surface area contributed by atoms with Gasteiger partial charge in [-0.25, -0.2) is 4.98 Å². The standard InChI is InChI=1S/C8H5F3N2OS.ClH/c9-8(10,11)14-4-1-2-5-6(3-4)15-7(12)13-5;/h1-3H,(H2,12,13);1H/p-1. The average Bonchev–Trinajstić information content (AvgIpc) is 2.40. The van der Waals surface area contributed by atoms with Crippen LogP contribution in [0.2, 0.25) is 0 Å². The molecule has 0 unspecified atom stereocenters. The van der Waals surface area contributed by atoms with E-state index < -0.39 is 6.36 Å². The van der Waals surface area contributed by atoms with Crippen molar-refractivity contribution in [2.75, 3.05) is 5.73 Å². The van der Waals surface area contributed by atoms with E-state index >= 15 is 0 Å². The van der Waals surface area contributed by atoms with Crippen molar-refractivity contribution in [2.24, 2.45) is 0 Å². The number of halogens is 4. The minimum atomic E-state index is -4.68. The van der Waals surface area contributed by atoms with E-state index in [1.165, 1.54) is 18.2 Å². The van der Waals surface area contributed by atoms with Gasteiger partial charge in [-0.1, -0.05) is 11.3 Å². The summed E-state index contributed by atoms with van der Waals surface area (Å²) in [7, 11) is 0. The molecule has 2 aromatic rings. The molecular weight excluding hydrogens is 265 g/mol. The average molecular weight is 270 g/mol. The van der Waals surface area contributed by atoms with Crippen molar-refractivity contribution < 1.29 is 30.3 Å². The fourth-order valence-corrected chi connectivity index (χ4v) is 1.88. The van der Waals surface area contributed by atoms with Gasteiger partial charge in [-0.15, -0.1) is 13.2 Å². The molecule has 0 saturated carbocycles. The number of alkyl halides is 3. The van der Waals surface area contributed by atoms with Gasteiger partial charge in [-0.3, -0.25) is 0 Å². The lowest BCUT2D eigenvalue weighted by molar-refractivity contribution is -0.274. The van der Waals surface area contributed by atoms with E-state index in [0.29, 0.717) is 15.3 Å². The molecule has 8 heteroatoms. The first-order chi connectivity index (χ1) is 6.94. The maximum atomic E-state index is 11.9. The molecule has 16 heavy (non-hydrogen) atoms. The quantitative estimate of drug-likeness (QED) is 0.779. The summed E-state index contributed by atoms with van der Waals surface area (Å²) in [5.41, 5.74) is 5.97. The topological polar surface area (TPSA) is 48.1 Å². The van der Waals surface area contributed by atoms with Crippen molar-refractivity contribution in [2.45, 2.75) is 6.36 Å². The molecule has 0 atom stereocenters. The number of anilines is 1. The Morgan fingerprint density at radius 2 is 2.00 bits per heavy atom. The van der Waals surface area contributed by atoms with Crippen LogP contribution in [0, 0.1) is 0 Å². The molecule has 0 amide bonds. The summed E-state index contributed by atoms with van der Waals surface area (Å²) >= 11 is 1.11. The summed E-state index contributed by atoms with van der Waals surface area (Å²) in [4.78, 5) is 3.91. The van der Waals surface area contributed by atoms with E-state index in [4.69, 9.17) is 5.73 Å². The maximum absolute atomic E-state index is 11.9. The minimum Gasteiger partial charge on any atom is -1.00 e. The molecule has 0 aliphatic rings. The molecule has 0 saturated heterocycles. The smallest absolute Gasteiger partial charge is 0.573 e. The van der Waals surface area contributed by atoms with Crippen molar-refractivity contribution >= 4 is 26.7 Å². The van der Waals surface area contributed by atoms with Gasteiger partial charge >= 0.3 is 6.36 Å². The highest BCUT2D eigenvalue weighted by Gasteiger charge is 2.31. The zero-order valence-electron chi connectivity index (χ0n) is 7.58. The molecular formula is C8H5ClF3N2OS-. The third kappa shape index (κ3) is 2.89. The van der Waals surface area contributed by atoms with Crippen molar-refractivity contribution in [3.8, 4) is 5.75 Å². The van der Waals surface area contributed by atoms with E-state index in [1.807, 2.05) is 0 Å². The van der Waals surface area contributed by atoms with E-state index in [1.54, 1.807) is 0 Å². The molecule has 0 aliphatic heterocycles. The Balaban J connectivity index is 0.00000128. The summed E-state index contributed by atoms with van der Waals surface area (Å²) in [6, 6.07) is 3.90. The maximum Gasteiger partial charge on any atom is 0.573 e. The number of hydrogen-bond donors (Lipinski definition) is 1. The Labute approximate surface area is 98.4 Å². The molecule has 0 aliphatic carbocycles. The lowest BCUT2D eigenvalue weighted by Crippen LogP contribution is -3.00. The third-order valence-electron chi connectivity index (χ3n) is 1.61. The van der Waals surface area contributed by atoms with E-state index in [-0.39, 0.29) is 18.2 Å². The minimum absolute atomic E-state index is 0. The van der Waals surface area contributed by atoms with Gasteiger partial charge in [0.25, 0.3) is 0 Å². The third-order valence-corrected chi connectivity index (χ3v) is 2.46. The molecule has 1 aromatic carbocycles. The normalized spacial score (nSPS) is 11.2. The number of nitrogen functional groups attached to an aromatic ring is 1. The Kier molecular flexibility index (Phi) is 3.49. The van der Waals surface area contributed by atoms with Crippen molar-refractivity contribution in [3.63, 3.8) is 0 Å². The zero-order chi connectivity index (χ0) is 11.1. The summed E-state index contributed by atoms with van der Waals surface area (Å²) < 4.78 is 40.0. The molecule has 1 aromatic heterocycles. The summed E-state index contributed by atoms with van der Waals surface area (Å²) in [6.07, 6.45) is -4.68. The lowest BCUT2D eigenvalue weighted by Gasteiger charge is -2.07. The van der Waals surface area contributed by atoms with Gasteiger partial charge < -0.3 is 22.9 Å². The van der Waals surface area contributed by atoms with Crippen molar-refractivity contribution in [1.29, 1.82) is 0 Å². The molecule has 88 valence electrons. The number of rotatable bonds is 1. The second kappa shape index (κ2) is 4.34. The zero-order valence-corrected chi connectivity index (χ0v) is 9.16. The van der Waals surface area contributed by atoms with Crippen LogP contribution in [-0.4, -0.2) is 11.3 Å². The van der Waals surface area contributed by atoms with Crippen LogP contribution in [0.25, 0.3) is 10.2 Å². The Morgan fingerprint density at radius 3 is 2.62 bits per heavy atom. The molecule has 2 rings (SSSR count). The number of benzene rings is 1. The predicted molar refractivity (Wildman–Crippen MR) is 50.7 cm³/mol. The van der Waals surface area contributed by atoms with E-state index in [9.17, 15) is 13.2 Å². The van der Waals surface area contributed by atoms with Crippen LogP contribution < -0.4 is 22.9 Å². The van der Waals surface area contributed by atoms with Crippen LogP contribution in [0.3, 0.4) is 0 Å². The van der Waals surface area contributed by atoms with Crippen LogP contribution in [0.5, 0.6) is 5.75 Å². The summed E-state index contributed by atoms with van der Waals surface area (Å²) in [5, 5.41) is 0.314. The first kappa shape index (κ1) is 12.9. The van der Waals surface area contributed by atoms with Gasteiger partial charge in [0, 0.05) is 6.07 Å². The fraction of sp³-hybridized carbons (Fsp3) is 0.125. The summed E-state index contributed by atoms with van der Waals surface area (Å²) in [5.74, 6) is -0.265. The van der Waals surface area contributed by atoms with Gasteiger partial charge in [-0.2, -0.15) is 0 Å². The van der Waals surface area contributed by atoms with E-state index in [0.717, 1.165) is 11.3 Å². The molecule has 3 nitrogen and oxygen atoms in total. The second-order valence-electron chi connectivity index (χ2n) is 2.73. The van der Waals surface area contributed by atoms with Crippen LogP contribution in [0.15, 0.2) is 18.2 Å². The number of nitrogens with two attached hydrogens (primary N) is 1. The van der Waals surface area contributed by atoms with Crippen LogP contribution in [0.4, 0.5) is 18.3 Å². The van der Waals surface area contributed by atoms with Crippen molar-refractivity contribution in [3.05, 3.63) is 18.2 Å². The molecule has 0 spiro atoms. The lowest BCUT2D eigenvalue weighted by atomic mass is 10.3. The molecule has 0 radical (unpaired) electrons. The molecule has 2 N–H and O–H groups in total. The SMILES string of the molecule is Nc1nc2ccc(OC(F)(F)F)cc2s1.[Cl-]. The van der Waals surface area contributed by atoms with E-state index in [2.05, 4.69) is 9.72 Å².